The summed E-state index contributed by atoms with van der Waals surface area (Å²) in [7, 11) is 2.00. The van der Waals surface area contributed by atoms with Gasteiger partial charge in [-0.2, -0.15) is 0 Å². The Labute approximate surface area is 120 Å². The molecule has 4 nitrogen and oxygen atoms in total. The zero-order valence-electron chi connectivity index (χ0n) is 11.2. The minimum absolute atomic E-state index is 0.110. The number of rotatable bonds is 4. The quantitative estimate of drug-likeness (QED) is 0.801. The van der Waals surface area contributed by atoms with Crippen molar-refractivity contribution in [3.63, 3.8) is 0 Å². The van der Waals surface area contributed by atoms with Gasteiger partial charge in [-0.1, -0.05) is 18.2 Å². The van der Waals surface area contributed by atoms with Crippen molar-refractivity contribution in [1.29, 1.82) is 0 Å². The number of fused-ring (bicyclic) bond motifs is 1. The number of hydrogen-bond acceptors (Lipinski definition) is 4. The Balaban J connectivity index is 1.83. The van der Waals surface area contributed by atoms with E-state index >= 15 is 0 Å². The zero-order valence-corrected chi connectivity index (χ0v) is 12.0. The molecule has 0 saturated heterocycles. The second-order valence-electron chi connectivity index (χ2n) is 4.78. The fourth-order valence-electron chi connectivity index (χ4n) is 2.15. The molecule has 0 fully saturated rings. The monoisotopic (exact) mass is 285 g/mol. The molecule has 0 atom stereocenters. The van der Waals surface area contributed by atoms with Gasteiger partial charge in [-0.3, -0.25) is 9.69 Å². The lowest BCUT2D eigenvalue weighted by Crippen LogP contribution is -2.24. The molecule has 5 heteroatoms. The number of thiophene rings is 1. The van der Waals surface area contributed by atoms with E-state index in [0.29, 0.717) is 12.2 Å². The van der Waals surface area contributed by atoms with E-state index in [2.05, 4.69) is 26.3 Å². The van der Waals surface area contributed by atoms with Gasteiger partial charge in [-0.05, 0) is 30.6 Å². The van der Waals surface area contributed by atoms with Crippen LogP contribution < -0.4 is 5.56 Å². The Morgan fingerprint density at radius 2 is 2.05 bits per heavy atom. The van der Waals surface area contributed by atoms with Crippen molar-refractivity contribution in [3.05, 3.63) is 62.7 Å². The van der Waals surface area contributed by atoms with Crippen molar-refractivity contribution < 1.29 is 0 Å². The lowest BCUT2D eigenvalue weighted by molar-refractivity contribution is 0.317. The van der Waals surface area contributed by atoms with Gasteiger partial charge in [0.2, 0.25) is 0 Å². The van der Waals surface area contributed by atoms with Crippen LogP contribution in [0.2, 0.25) is 0 Å². The Morgan fingerprint density at radius 3 is 2.85 bits per heavy atom. The van der Waals surface area contributed by atoms with Gasteiger partial charge in [0, 0.05) is 18.0 Å². The van der Waals surface area contributed by atoms with Crippen molar-refractivity contribution in [2.75, 3.05) is 7.05 Å². The molecular weight excluding hydrogens is 270 g/mol. The number of H-pyrrole nitrogens is 1. The van der Waals surface area contributed by atoms with Gasteiger partial charge in [-0.25, -0.2) is 4.98 Å². The van der Waals surface area contributed by atoms with Crippen molar-refractivity contribution in [2.24, 2.45) is 0 Å². The molecule has 1 N–H and O–H groups in total. The number of hydrogen-bond donors (Lipinski definition) is 1. The summed E-state index contributed by atoms with van der Waals surface area (Å²) in [5, 5.41) is 2.06. The maximum Gasteiger partial charge on any atom is 0.271 e. The number of aromatic nitrogens is 2. The number of benzene rings is 1. The van der Waals surface area contributed by atoms with Crippen molar-refractivity contribution in [3.8, 4) is 0 Å². The van der Waals surface area contributed by atoms with Crippen LogP contribution in [0.4, 0.5) is 0 Å². The van der Waals surface area contributed by atoms with Gasteiger partial charge in [-0.15, -0.1) is 11.3 Å². The molecule has 0 amide bonds. The summed E-state index contributed by atoms with van der Waals surface area (Å²) < 4.78 is 0. The Hall–Kier alpha value is -1.98. The third kappa shape index (κ3) is 2.79. The van der Waals surface area contributed by atoms with E-state index < -0.39 is 0 Å². The molecule has 0 aliphatic rings. The van der Waals surface area contributed by atoms with Gasteiger partial charge in [0.15, 0.2) is 0 Å². The molecule has 0 radical (unpaired) electrons. The average Bonchev–Trinajstić information content (AvgIpc) is 2.92. The van der Waals surface area contributed by atoms with Crippen LogP contribution in [0.15, 0.2) is 46.6 Å². The highest BCUT2D eigenvalue weighted by Crippen LogP contribution is 2.12. The SMILES string of the molecule is CN(Cc1cccs1)Cc1nc2ccccc2[nH]c1=O. The maximum absolute atomic E-state index is 12.0. The van der Waals surface area contributed by atoms with E-state index in [1.807, 2.05) is 37.4 Å². The van der Waals surface area contributed by atoms with Crippen molar-refractivity contribution in [2.45, 2.75) is 13.1 Å². The third-order valence-electron chi connectivity index (χ3n) is 3.10. The Bertz CT molecular complexity index is 764. The highest BCUT2D eigenvalue weighted by molar-refractivity contribution is 7.09. The largest absolute Gasteiger partial charge is 0.319 e. The van der Waals surface area contributed by atoms with E-state index in [4.69, 9.17) is 0 Å². The van der Waals surface area contributed by atoms with E-state index in [-0.39, 0.29) is 5.56 Å². The first-order valence-electron chi connectivity index (χ1n) is 6.41. The predicted octanol–water partition coefficient (Wildman–Crippen LogP) is 2.62. The summed E-state index contributed by atoms with van der Waals surface area (Å²) in [4.78, 5) is 22.7. The second kappa shape index (κ2) is 5.56. The molecule has 0 unspecified atom stereocenters. The molecule has 1 aromatic carbocycles. The van der Waals surface area contributed by atoms with Gasteiger partial charge in [0.25, 0.3) is 5.56 Å². The maximum atomic E-state index is 12.0. The van der Waals surface area contributed by atoms with E-state index in [1.54, 1.807) is 11.3 Å². The molecule has 0 saturated carbocycles. The molecule has 0 aliphatic heterocycles. The lowest BCUT2D eigenvalue weighted by atomic mass is 10.3. The number of aromatic amines is 1. The van der Waals surface area contributed by atoms with Crippen LogP contribution in [0.25, 0.3) is 11.0 Å². The van der Waals surface area contributed by atoms with E-state index in [0.717, 1.165) is 17.6 Å². The highest BCUT2D eigenvalue weighted by atomic mass is 32.1. The minimum atomic E-state index is -0.110. The summed E-state index contributed by atoms with van der Waals surface area (Å²) in [6.07, 6.45) is 0. The van der Waals surface area contributed by atoms with E-state index in [9.17, 15) is 4.79 Å². The third-order valence-corrected chi connectivity index (χ3v) is 3.96. The molecule has 0 aliphatic carbocycles. The van der Waals surface area contributed by atoms with E-state index in [1.165, 1.54) is 4.88 Å². The van der Waals surface area contributed by atoms with Crippen LogP contribution in [0.5, 0.6) is 0 Å². The molecule has 2 heterocycles. The van der Waals surface area contributed by atoms with Gasteiger partial charge in [0.1, 0.15) is 5.69 Å². The van der Waals surface area contributed by atoms with Gasteiger partial charge < -0.3 is 4.98 Å². The summed E-state index contributed by atoms with van der Waals surface area (Å²) in [6.45, 7) is 1.36. The Kier molecular flexibility index (Phi) is 3.62. The van der Waals surface area contributed by atoms with Crippen molar-refractivity contribution >= 4 is 22.4 Å². The molecule has 102 valence electrons. The van der Waals surface area contributed by atoms with Crippen LogP contribution in [0.3, 0.4) is 0 Å². The van der Waals surface area contributed by atoms with Crippen molar-refractivity contribution in [1.82, 2.24) is 14.9 Å². The summed E-state index contributed by atoms with van der Waals surface area (Å²) in [5.74, 6) is 0. The molecule has 20 heavy (non-hydrogen) atoms. The average molecular weight is 285 g/mol. The fourth-order valence-corrected chi connectivity index (χ4v) is 2.94. The van der Waals surface area contributed by atoms with Crippen LogP contribution in [0.1, 0.15) is 10.6 Å². The van der Waals surface area contributed by atoms with Crippen LogP contribution in [-0.2, 0) is 13.1 Å². The number of nitrogens with one attached hydrogen (secondary N) is 1. The molecule has 3 aromatic rings. The fraction of sp³-hybridized carbons (Fsp3) is 0.200. The van der Waals surface area contributed by atoms with Gasteiger partial charge in [0.05, 0.1) is 11.0 Å². The van der Waals surface area contributed by atoms with Crippen LogP contribution in [0, 0.1) is 0 Å². The smallest absolute Gasteiger partial charge is 0.271 e. The minimum Gasteiger partial charge on any atom is -0.319 e. The molecule has 0 spiro atoms. The first-order valence-corrected chi connectivity index (χ1v) is 7.29. The summed E-state index contributed by atoms with van der Waals surface area (Å²) >= 11 is 1.72. The number of nitrogens with zero attached hydrogens (tertiary/aromatic N) is 2. The second-order valence-corrected chi connectivity index (χ2v) is 5.81. The lowest BCUT2D eigenvalue weighted by Gasteiger charge is -2.14. The first-order chi connectivity index (χ1) is 9.72. The predicted molar refractivity (Wildman–Crippen MR) is 81.9 cm³/mol. The highest BCUT2D eigenvalue weighted by Gasteiger charge is 2.08. The molecular formula is C15H15N3OS. The van der Waals surface area contributed by atoms with Crippen LogP contribution >= 0.6 is 11.3 Å². The molecule has 0 bridgehead atoms. The Morgan fingerprint density at radius 1 is 1.20 bits per heavy atom. The standard InChI is InChI=1S/C15H15N3OS/c1-18(9-11-5-4-8-20-11)10-14-15(19)17-13-7-3-2-6-12(13)16-14/h2-8H,9-10H2,1H3,(H,17,19). The van der Waals surface area contributed by atoms with Crippen LogP contribution in [-0.4, -0.2) is 21.9 Å². The normalized spacial score (nSPS) is 11.3. The summed E-state index contributed by atoms with van der Waals surface area (Å²) in [5.41, 5.74) is 2.05. The number of para-hydroxylation sites is 2. The molecule has 3 rings (SSSR count). The first kappa shape index (κ1) is 13.0. The van der Waals surface area contributed by atoms with Gasteiger partial charge >= 0.3 is 0 Å². The summed E-state index contributed by atoms with van der Waals surface area (Å²) in [6, 6.07) is 11.7. The molecule has 2 aromatic heterocycles. The topological polar surface area (TPSA) is 49.0 Å². The zero-order chi connectivity index (χ0) is 13.9.